The number of nitrogens with one attached hydrogen (secondary N) is 2. The summed E-state index contributed by atoms with van der Waals surface area (Å²) in [4.78, 5) is 4.33. The van der Waals surface area contributed by atoms with E-state index in [4.69, 9.17) is 5.84 Å². The van der Waals surface area contributed by atoms with Gasteiger partial charge in [-0.1, -0.05) is 11.8 Å². The average molecular weight is 246 g/mol. The molecule has 16 heavy (non-hydrogen) atoms. The van der Waals surface area contributed by atoms with Gasteiger partial charge in [0, 0.05) is 17.6 Å². The van der Waals surface area contributed by atoms with Gasteiger partial charge >= 0.3 is 0 Å². The molecule has 0 heterocycles. The summed E-state index contributed by atoms with van der Waals surface area (Å²) < 4.78 is 24.1. The van der Waals surface area contributed by atoms with Gasteiger partial charge in [0.1, 0.15) is 0 Å². The molecule has 0 saturated heterocycles. The molecule has 0 saturated carbocycles. The van der Waals surface area contributed by atoms with Gasteiger partial charge in [-0.15, -0.1) is 0 Å². The number of hydrogen-bond donors (Lipinski definition) is 3. The molecule has 0 bridgehead atoms. The molecule has 4 N–H and O–H groups in total. The quantitative estimate of drug-likeness (QED) is 0.250. The maximum Gasteiger partial charge on any atom is 0.288 e. The van der Waals surface area contributed by atoms with Crippen LogP contribution in [0.1, 0.15) is 0 Å². The summed E-state index contributed by atoms with van der Waals surface area (Å²) in [6, 6.07) is 6.55. The standard InChI is InChI=1S/C9H12F2N4S/c1-13-9(15-12)14-6-2-4-7(5-3-6)16-8(10)11/h2-5,8H,12H2,1H3,(H2,13,14,15). The van der Waals surface area contributed by atoms with E-state index < -0.39 is 5.76 Å². The number of halogens is 2. The first kappa shape index (κ1) is 12.7. The van der Waals surface area contributed by atoms with Crippen LogP contribution in [-0.4, -0.2) is 18.8 Å². The Kier molecular flexibility index (Phi) is 5.00. The van der Waals surface area contributed by atoms with Crippen LogP contribution in [0.15, 0.2) is 34.2 Å². The molecular weight excluding hydrogens is 234 g/mol. The van der Waals surface area contributed by atoms with E-state index in [9.17, 15) is 8.78 Å². The number of alkyl halides is 2. The molecule has 7 heteroatoms. The van der Waals surface area contributed by atoms with Crippen LogP contribution in [0.2, 0.25) is 0 Å². The molecule has 0 atom stereocenters. The van der Waals surface area contributed by atoms with Crippen molar-refractivity contribution in [3.63, 3.8) is 0 Å². The fourth-order valence-corrected chi connectivity index (χ4v) is 1.51. The highest BCUT2D eigenvalue weighted by atomic mass is 32.2. The Hall–Kier alpha value is -1.34. The number of thioether (sulfide) groups is 1. The maximum atomic E-state index is 12.0. The van der Waals surface area contributed by atoms with Gasteiger partial charge in [-0.3, -0.25) is 10.4 Å². The molecule has 1 rings (SSSR count). The summed E-state index contributed by atoms with van der Waals surface area (Å²) >= 11 is 0.506. The minimum absolute atomic E-state index is 0.397. The molecule has 0 fully saturated rings. The highest BCUT2D eigenvalue weighted by molar-refractivity contribution is 7.99. The molecule has 0 aliphatic rings. The number of hydrazine groups is 1. The van der Waals surface area contributed by atoms with Crippen LogP contribution >= 0.6 is 11.8 Å². The predicted octanol–water partition coefficient (Wildman–Crippen LogP) is 1.86. The SMILES string of the molecule is CN=C(NN)Nc1ccc(SC(F)F)cc1. The Bertz CT molecular complexity index is 353. The molecule has 0 aliphatic heterocycles. The van der Waals surface area contributed by atoms with Crippen LogP contribution in [0.3, 0.4) is 0 Å². The third-order valence-electron chi connectivity index (χ3n) is 1.70. The van der Waals surface area contributed by atoms with Gasteiger partial charge in [0.2, 0.25) is 5.96 Å². The van der Waals surface area contributed by atoms with E-state index in [0.717, 1.165) is 5.69 Å². The summed E-state index contributed by atoms with van der Waals surface area (Å²) in [6.45, 7) is 0. The van der Waals surface area contributed by atoms with Crippen LogP contribution in [-0.2, 0) is 0 Å². The van der Waals surface area contributed by atoms with E-state index in [1.807, 2.05) is 0 Å². The maximum absolute atomic E-state index is 12.0. The van der Waals surface area contributed by atoms with E-state index in [-0.39, 0.29) is 0 Å². The topological polar surface area (TPSA) is 62.4 Å². The average Bonchev–Trinajstić information content (AvgIpc) is 2.27. The summed E-state index contributed by atoms with van der Waals surface area (Å²) in [7, 11) is 1.57. The van der Waals surface area contributed by atoms with E-state index in [1.54, 1.807) is 31.3 Å². The third-order valence-corrected chi connectivity index (χ3v) is 2.43. The Morgan fingerprint density at radius 1 is 1.38 bits per heavy atom. The molecule has 1 aromatic rings. The van der Waals surface area contributed by atoms with Crippen molar-refractivity contribution in [1.29, 1.82) is 0 Å². The highest BCUT2D eigenvalue weighted by Crippen LogP contribution is 2.25. The van der Waals surface area contributed by atoms with Crippen LogP contribution in [0.5, 0.6) is 0 Å². The third kappa shape index (κ3) is 4.03. The number of nitrogens with zero attached hydrogens (tertiary/aromatic N) is 1. The Labute approximate surface area is 96.3 Å². The van der Waals surface area contributed by atoms with E-state index >= 15 is 0 Å². The second kappa shape index (κ2) is 6.29. The molecule has 0 amide bonds. The lowest BCUT2D eigenvalue weighted by Gasteiger charge is -2.08. The zero-order valence-corrected chi connectivity index (χ0v) is 9.39. The first-order chi connectivity index (χ1) is 7.65. The number of nitrogens with two attached hydrogens (primary N) is 1. The van der Waals surface area contributed by atoms with Gasteiger partial charge in [-0.05, 0) is 24.3 Å². The largest absolute Gasteiger partial charge is 0.325 e. The fraction of sp³-hybridized carbons (Fsp3) is 0.222. The molecule has 88 valence electrons. The lowest BCUT2D eigenvalue weighted by atomic mass is 10.3. The summed E-state index contributed by atoms with van der Waals surface area (Å²) in [5.74, 6) is 3.17. The normalized spacial score (nSPS) is 11.7. The van der Waals surface area contributed by atoms with Crippen molar-refractivity contribution in [3.05, 3.63) is 24.3 Å². The molecule has 1 aromatic carbocycles. The monoisotopic (exact) mass is 246 g/mol. The van der Waals surface area contributed by atoms with Crippen molar-refractivity contribution in [2.24, 2.45) is 10.8 Å². The number of anilines is 1. The van der Waals surface area contributed by atoms with Crippen molar-refractivity contribution in [2.75, 3.05) is 12.4 Å². The zero-order valence-electron chi connectivity index (χ0n) is 8.58. The minimum Gasteiger partial charge on any atom is -0.325 e. The number of aliphatic imine (C=N–C) groups is 1. The van der Waals surface area contributed by atoms with Crippen LogP contribution in [0, 0.1) is 0 Å². The van der Waals surface area contributed by atoms with Gasteiger partial charge in [-0.25, -0.2) is 5.84 Å². The Morgan fingerprint density at radius 3 is 2.44 bits per heavy atom. The zero-order chi connectivity index (χ0) is 12.0. The molecule has 4 nitrogen and oxygen atoms in total. The first-order valence-electron chi connectivity index (χ1n) is 4.41. The van der Waals surface area contributed by atoms with Crippen LogP contribution in [0.4, 0.5) is 14.5 Å². The summed E-state index contributed by atoms with van der Waals surface area (Å²) in [5.41, 5.74) is 3.08. The van der Waals surface area contributed by atoms with Crippen molar-refractivity contribution < 1.29 is 8.78 Å². The van der Waals surface area contributed by atoms with Gasteiger partial charge in [0.15, 0.2) is 0 Å². The number of rotatable bonds is 3. The van der Waals surface area contributed by atoms with E-state index in [1.165, 1.54) is 0 Å². The van der Waals surface area contributed by atoms with Crippen molar-refractivity contribution >= 4 is 23.4 Å². The molecule has 0 aliphatic carbocycles. The molecule has 0 spiro atoms. The Balaban J connectivity index is 2.64. The molecule has 0 aromatic heterocycles. The molecular formula is C9H12F2N4S. The second-order valence-corrected chi connectivity index (χ2v) is 3.81. The fourth-order valence-electron chi connectivity index (χ4n) is 1.01. The Morgan fingerprint density at radius 2 is 2.00 bits per heavy atom. The van der Waals surface area contributed by atoms with Gasteiger partial charge in [-0.2, -0.15) is 8.78 Å². The van der Waals surface area contributed by atoms with Crippen molar-refractivity contribution in [1.82, 2.24) is 5.43 Å². The van der Waals surface area contributed by atoms with Crippen LogP contribution < -0.4 is 16.6 Å². The van der Waals surface area contributed by atoms with Gasteiger partial charge in [0.25, 0.3) is 5.76 Å². The van der Waals surface area contributed by atoms with Crippen LogP contribution in [0.25, 0.3) is 0 Å². The van der Waals surface area contributed by atoms with Gasteiger partial charge < -0.3 is 5.32 Å². The number of hydrogen-bond acceptors (Lipinski definition) is 3. The summed E-state index contributed by atoms with van der Waals surface area (Å²) in [6.07, 6.45) is 0. The van der Waals surface area contributed by atoms with Crippen molar-refractivity contribution in [2.45, 2.75) is 10.7 Å². The van der Waals surface area contributed by atoms with E-state index in [0.29, 0.717) is 22.6 Å². The molecule has 0 unspecified atom stereocenters. The smallest absolute Gasteiger partial charge is 0.288 e. The highest BCUT2D eigenvalue weighted by Gasteiger charge is 2.04. The number of benzene rings is 1. The second-order valence-electron chi connectivity index (χ2n) is 2.74. The minimum atomic E-state index is -2.41. The first-order valence-corrected chi connectivity index (χ1v) is 5.29. The molecule has 0 radical (unpaired) electrons. The van der Waals surface area contributed by atoms with Gasteiger partial charge in [0.05, 0.1) is 0 Å². The summed E-state index contributed by atoms with van der Waals surface area (Å²) in [5, 5.41) is 2.88. The lowest BCUT2D eigenvalue weighted by Crippen LogP contribution is -2.35. The lowest BCUT2D eigenvalue weighted by molar-refractivity contribution is 0.252. The number of guanidine groups is 1. The van der Waals surface area contributed by atoms with E-state index in [2.05, 4.69) is 15.7 Å². The van der Waals surface area contributed by atoms with Crippen molar-refractivity contribution in [3.8, 4) is 0 Å². The predicted molar refractivity (Wildman–Crippen MR) is 62.6 cm³/mol.